The predicted octanol–water partition coefficient (Wildman–Crippen LogP) is 5.69. The number of carbonyl (C=O) groups is 1. The average Bonchev–Trinajstić information content (AvgIpc) is 2.67. The molecule has 0 aliphatic carbocycles. The van der Waals surface area contributed by atoms with Crippen LogP contribution in [0, 0.1) is 12.7 Å². The van der Waals surface area contributed by atoms with E-state index in [4.69, 9.17) is 0 Å². The molecule has 1 heterocycles. The fourth-order valence-corrected chi connectivity index (χ4v) is 2.26. The summed E-state index contributed by atoms with van der Waals surface area (Å²) in [6.45, 7) is 7.44. The van der Waals surface area contributed by atoms with Crippen molar-refractivity contribution < 1.29 is 18.3 Å². The summed E-state index contributed by atoms with van der Waals surface area (Å²) in [4.78, 5) is 19.7. The van der Waals surface area contributed by atoms with Crippen molar-refractivity contribution in [3.05, 3.63) is 47.7 Å². The van der Waals surface area contributed by atoms with Gasteiger partial charge in [-0.3, -0.25) is 4.98 Å². The van der Waals surface area contributed by atoms with Crippen LogP contribution in [0.2, 0.25) is 0 Å². The largest absolute Gasteiger partial charge is 0.464 e. The first-order valence-electron chi connectivity index (χ1n) is 9.10. The number of benzene rings is 1. The minimum Gasteiger partial charge on any atom is -0.464 e. The number of aryl methyl sites for hydroxylation is 1. The van der Waals surface area contributed by atoms with Gasteiger partial charge in [-0.05, 0) is 51.0 Å². The highest BCUT2D eigenvalue weighted by molar-refractivity contribution is 5.87. The summed E-state index contributed by atoms with van der Waals surface area (Å²) >= 11 is 0. The lowest BCUT2D eigenvalue weighted by Gasteiger charge is -2.16. The molecule has 1 aromatic heterocycles. The molecule has 4 nitrogen and oxygen atoms in total. The van der Waals surface area contributed by atoms with Gasteiger partial charge in [-0.1, -0.05) is 26.7 Å². The number of unbranched alkanes of at least 4 members (excludes halogenated alkanes) is 1. The molecule has 1 aromatic carbocycles. The van der Waals surface area contributed by atoms with E-state index in [1.54, 1.807) is 26.0 Å². The van der Waals surface area contributed by atoms with Gasteiger partial charge >= 0.3 is 5.97 Å². The third kappa shape index (κ3) is 7.41. The molecule has 27 heavy (non-hydrogen) atoms. The molecule has 0 saturated heterocycles. The van der Waals surface area contributed by atoms with Crippen molar-refractivity contribution >= 4 is 5.97 Å². The Labute approximate surface area is 160 Å². The topological polar surface area (TPSA) is 52.1 Å². The number of hydrogen-bond donors (Lipinski definition) is 0. The zero-order chi connectivity index (χ0) is 20.4. The van der Waals surface area contributed by atoms with Crippen molar-refractivity contribution in [1.82, 2.24) is 9.97 Å². The van der Waals surface area contributed by atoms with E-state index in [9.17, 15) is 13.6 Å². The first kappa shape index (κ1) is 22.7. The minimum absolute atomic E-state index is 0.127. The average molecular weight is 378 g/mol. The van der Waals surface area contributed by atoms with Crippen molar-refractivity contribution in [2.24, 2.45) is 0 Å². The zero-order valence-corrected chi connectivity index (χ0v) is 16.7. The van der Waals surface area contributed by atoms with Crippen LogP contribution < -0.4 is 0 Å². The molecule has 0 amide bonds. The lowest BCUT2D eigenvalue weighted by Crippen LogP contribution is -2.15. The highest BCUT2D eigenvalue weighted by Crippen LogP contribution is 2.22. The predicted molar refractivity (Wildman–Crippen MR) is 103 cm³/mol. The first-order chi connectivity index (χ1) is 12.7. The van der Waals surface area contributed by atoms with Gasteiger partial charge in [0.05, 0.1) is 24.7 Å². The maximum Gasteiger partial charge on any atom is 0.358 e. The molecule has 1 unspecified atom stereocenters. The van der Waals surface area contributed by atoms with Gasteiger partial charge in [-0.2, -0.15) is 0 Å². The van der Waals surface area contributed by atoms with E-state index in [1.807, 2.05) is 6.92 Å². The van der Waals surface area contributed by atoms with Crippen molar-refractivity contribution in [1.29, 1.82) is 0 Å². The highest BCUT2D eigenvalue weighted by atomic mass is 19.1. The van der Waals surface area contributed by atoms with Crippen LogP contribution in [0.25, 0.3) is 11.3 Å². The van der Waals surface area contributed by atoms with Crippen LogP contribution in [0.5, 0.6) is 0 Å². The maximum absolute atomic E-state index is 13.0. The number of ether oxygens (including phenoxy) is 1. The quantitative estimate of drug-likeness (QED) is 0.606. The van der Waals surface area contributed by atoms with E-state index in [1.165, 1.54) is 25.4 Å². The standard InChI is InChI=1S/C13H11FN2O2.C8H17F/c1-8-12(9-3-5-10(14)6-4-9)16-11(7-15-8)13(17)18-2;1-4-6-7-8(3,9)5-2/h3-7H,1-2H3;4-7H2,1-3H3. The lowest BCUT2D eigenvalue weighted by atomic mass is 9.99. The normalized spacial score (nSPS) is 12.6. The fraction of sp³-hybridized carbons (Fsp3) is 0.476. The van der Waals surface area contributed by atoms with Gasteiger partial charge in [0, 0.05) is 5.56 Å². The first-order valence-corrected chi connectivity index (χ1v) is 9.10. The number of carbonyl (C=O) groups excluding carboxylic acids is 1. The van der Waals surface area contributed by atoms with Crippen LogP contribution in [-0.2, 0) is 4.74 Å². The smallest absolute Gasteiger partial charge is 0.358 e. The number of hydrogen-bond acceptors (Lipinski definition) is 4. The van der Waals surface area contributed by atoms with Crippen LogP contribution in [-0.4, -0.2) is 28.7 Å². The summed E-state index contributed by atoms with van der Waals surface area (Å²) in [7, 11) is 1.28. The molecule has 0 aliphatic heterocycles. The molecular weight excluding hydrogens is 350 g/mol. The molecule has 0 fully saturated rings. The maximum atomic E-state index is 13.0. The van der Waals surface area contributed by atoms with E-state index in [-0.39, 0.29) is 11.5 Å². The molecule has 1 atom stereocenters. The Bertz CT molecular complexity index is 731. The third-order valence-electron chi connectivity index (χ3n) is 4.26. The Morgan fingerprint density at radius 2 is 1.85 bits per heavy atom. The molecule has 148 valence electrons. The number of halogens is 2. The second-order valence-electron chi connectivity index (χ2n) is 6.56. The van der Waals surface area contributed by atoms with Gasteiger partial charge in [0.2, 0.25) is 0 Å². The number of rotatable bonds is 6. The van der Waals surface area contributed by atoms with Crippen LogP contribution in [0.1, 0.15) is 62.6 Å². The molecule has 0 radical (unpaired) electrons. The molecule has 0 bridgehead atoms. The van der Waals surface area contributed by atoms with Crippen LogP contribution in [0.15, 0.2) is 30.5 Å². The van der Waals surface area contributed by atoms with Gasteiger partial charge in [0.1, 0.15) is 11.5 Å². The molecule has 0 N–H and O–H groups in total. The molecule has 0 aliphatic rings. The van der Waals surface area contributed by atoms with E-state index < -0.39 is 11.6 Å². The van der Waals surface area contributed by atoms with Gasteiger partial charge < -0.3 is 4.74 Å². The monoisotopic (exact) mass is 378 g/mol. The molecular formula is C21H28F2N2O2. The lowest BCUT2D eigenvalue weighted by molar-refractivity contribution is 0.0593. The van der Waals surface area contributed by atoms with Crippen molar-refractivity contribution in [3.63, 3.8) is 0 Å². The summed E-state index contributed by atoms with van der Waals surface area (Å²) < 4.78 is 30.4. The fourth-order valence-electron chi connectivity index (χ4n) is 2.26. The molecule has 0 saturated carbocycles. The Balaban J connectivity index is 0.000000345. The highest BCUT2D eigenvalue weighted by Gasteiger charge is 2.18. The molecule has 2 rings (SSSR count). The second kappa shape index (κ2) is 10.7. The Kier molecular flexibility index (Phi) is 8.98. The Morgan fingerprint density at radius 1 is 1.22 bits per heavy atom. The van der Waals surface area contributed by atoms with E-state index in [0.29, 0.717) is 23.4 Å². The van der Waals surface area contributed by atoms with Gasteiger partial charge in [0.25, 0.3) is 0 Å². The minimum atomic E-state index is -0.907. The van der Waals surface area contributed by atoms with Crippen LogP contribution in [0.3, 0.4) is 0 Å². The summed E-state index contributed by atoms with van der Waals surface area (Å²) in [6, 6.07) is 5.85. The Morgan fingerprint density at radius 3 is 2.37 bits per heavy atom. The zero-order valence-electron chi connectivity index (χ0n) is 16.7. The number of aromatic nitrogens is 2. The van der Waals surface area contributed by atoms with Crippen molar-refractivity contribution in [2.45, 2.75) is 59.0 Å². The van der Waals surface area contributed by atoms with Crippen molar-refractivity contribution in [3.8, 4) is 11.3 Å². The van der Waals surface area contributed by atoms with Crippen molar-refractivity contribution in [2.75, 3.05) is 7.11 Å². The molecule has 0 spiro atoms. The SMILES string of the molecule is CCCCC(C)(F)CC.COC(=O)c1cnc(C)c(-c2ccc(F)cc2)n1. The summed E-state index contributed by atoms with van der Waals surface area (Å²) in [5, 5.41) is 0. The summed E-state index contributed by atoms with van der Waals surface area (Å²) in [5.41, 5.74) is 1.12. The number of methoxy groups -OCH3 is 1. The van der Waals surface area contributed by atoms with Gasteiger partial charge in [-0.15, -0.1) is 0 Å². The van der Waals surface area contributed by atoms with E-state index >= 15 is 0 Å². The van der Waals surface area contributed by atoms with E-state index in [2.05, 4.69) is 21.6 Å². The van der Waals surface area contributed by atoms with Crippen LogP contribution in [0.4, 0.5) is 8.78 Å². The van der Waals surface area contributed by atoms with Crippen LogP contribution >= 0.6 is 0 Å². The Hall–Kier alpha value is -2.37. The van der Waals surface area contributed by atoms with E-state index in [0.717, 1.165) is 19.3 Å². The number of alkyl halides is 1. The van der Waals surface area contributed by atoms with Gasteiger partial charge in [-0.25, -0.2) is 18.6 Å². The third-order valence-corrected chi connectivity index (χ3v) is 4.26. The molecule has 2 aromatic rings. The van der Waals surface area contributed by atoms with Gasteiger partial charge in [0.15, 0.2) is 5.69 Å². The summed E-state index contributed by atoms with van der Waals surface area (Å²) in [5.74, 6) is -0.876. The summed E-state index contributed by atoms with van der Waals surface area (Å²) in [6.07, 6.45) is 4.83. The molecule has 6 heteroatoms. The second-order valence-corrected chi connectivity index (χ2v) is 6.56. The number of nitrogens with zero attached hydrogens (tertiary/aromatic N) is 2. The number of esters is 1.